The molecule has 5 nitrogen and oxygen atoms in total. The monoisotopic (exact) mass is 443 g/mol. The summed E-state index contributed by atoms with van der Waals surface area (Å²) in [6.45, 7) is 0. The van der Waals surface area contributed by atoms with Crippen LogP contribution in [0.15, 0.2) is 71.1 Å². The van der Waals surface area contributed by atoms with Crippen LogP contribution in [0, 0.1) is 5.82 Å². The van der Waals surface area contributed by atoms with Gasteiger partial charge in [0.1, 0.15) is 17.6 Å². The molecule has 0 aliphatic rings. The minimum Gasteiger partial charge on any atom is -0.495 e. The molecule has 3 aromatic carbocycles. The van der Waals surface area contributed by atoms with Crippen LogP contribution in [0.4, 0.5) is 10.1 Å². The Hall–Kier alpha value is -3.09. The van der Waals surface area contributed by atoms with Gasteiger partial charge in [-0.1, -0.05) is 47.5 Å². The zero-order valence-corrected chi connectivity index (χ0v) is 17.3. The van der Waals surface area contributed by atoms with Gasteiger partial charge in [0.2, 0.25) is 11.8 Å². The average molecular weight is 444 g/mol. The minimum atomic E-state index is -0.632. The van der Waals surface area contributed by atoms with Gasteiger partial charge in [-0.15, -0.1) is 10.2 Å². The van der Waals surface area contributed by atoms with Crippen LogP contribution < -0.4 is 10.1 Å². The SMILES string of the molecule is COc1ccc(N[C@@H](c2nnc(-c3ccccc3)o2)c2ccc(F)cc2Cl)cc1Cl. The Morgan fingerprint density at radius 3 is 2.47 bits per heavy atom. The topological polar surface area (TPSA) is 60.2 Å². The minimum absolute atomic E-state index is 0.228. The second-order valence-electron chi connectivity index (χ2n) is 6.40. The van der Waals surface area contributed by atoms with Crippen molar-refractivity contribution in [3.8, 4) is 17.2 Å². The molecular formula is C22H16Cl2FN3O2. The third kappa shape index (κ3) is 4.25. The maximum absolute atomic E-state index is 13.6. The molecule has 0 aliphatic carbocycles. The molecule has 152 valence electrons. The zero-order valence-electron chi connectivity index (χ0n) is 15.8. The molecule has 0 radical (unpaired) electrons. The standard InChI is InChI=1S/C22H16Cl2FN3O2/c1-29-19-10-8-15(12-18(19)24)26-20(16-9-7-14(25)11-17(16)23)22-28-27-21(30-22)13-5-3-2-4-6-13/h2-12,20,26H,1H3/t20-/m1/s1. The Labute approximate surface area is 182 Å². The van der Waals surface area contributed by atoms with Crippen molar-refractivity contribution in [3.05, 3.63) is 94.0 Å². The van der Waals surface area contributed by atoms with Crippen LogP contribution in [0.25, 0.3) is 11.5 Å². The molecule has 4 aromatic rings. The number of halogens is 3. The Morgan fingerprint density at radius 1 is 0.967 bits per heavy atom. The van der Waals surface area contributed by atoms with Gasteiger partial charge in [-0.05, 0) is 42.5 Å². The Bertz CT molecular complexity index is 1170. The molecule has 0 saturated carbocycles. The predicted octanol–water partition coefficient (Wildman–Crippen LogP) is 6.39. The summed E-state index contributed by atoms with van der Waals surface area (Å²) >= 11 is 12.6. The number of benzene rings is 3. The van der Waals surface area contributed by atoms with Gasteiger partial charge in [0.05, 0.1) is 12.1 Å². The molecule has 8 heteroatoms. The van der Waals surface area contributed by atoms with Crippen molar-refractivity contribution < 1.29 is 13.5 Å². The Kier molecular flexibility index (Phi) is 5.88. The number of nitrogens with zero attached hydrogens (tertiary/aromatic N) is 2. The molecule has 0 spiro atoms. The van der Waals surface area contributed by atoms with Gasteiger partial charge in [0.25, 0.3) is 0 Å². The zero-order chi connectivity index (χ0) is 21.1. The van der Waals surface area contributed by atoms with E-state index in [4.69, 9.17) is 32.4 Å². The van der Waals surface area contributed by atoms with Crippen LogP contribution in [0.1, 0.15) is 17.5 Å². The van der Waals surface area contributed by atoms with Crippen LogP contribution in [0.3, 0.4) is 0 Å². The second-order valence-corrected chi connectivity index (χ2v) is 7.22. The normalized spacial score (nSPS) is 11.9. The highest BCUT2D eigenvalue weighted by Gasteiger charge is 2.24. The van der Waals surface area contributed by atoms with Crippen molar-refractivity contribution >= 4 is 28.9 Å². The first-order valence-electron chi connectivity index (χ1n) is 8.99. The van der Waals surface area contributed by atoms with Crippen LogP contribution >= 0.6 is 23.2 Å². The maximum Gasteiger partial charge on any atom is 0.247 e. The van der Waals surface area contributed by atoms with Gasteiger partial charge in [-0.25, -0.2) is 4.39 Å². The van der Waals surface area contributed by atoms with E-state index in [0.29, 0.717) is 27.9 Å². The van der Waals surface area contributed by atoms with Gasteiger partial charge in [-0.2, -0.15) is 0 Å². The lowest BCUT2D eigenvalue weighted by molar-refractivity contribution is 0.415. The molecule has 1 aromatic heterocycles. The number of hydrogen-bond donors (Lipinski definition) is 1. The van der Waals surface area contributed by atoms with Gasteiger partial charge < -0.3 is 14.5 Å². The van der Waals surface area contributed by atoms with Crippen LogP contribution in [0.2, 0.25) is 10.0 Å². The summed E-state index contributed by atoms with van der Waals surface area (Å²) < 4.78 is 24.7. The lowest BCUT2D eigenvalue weighted by atomic mass is 10.1. The fourth-order valence-corrected chi connectivity index (χ4v) is 3.51. The molecule has 1 atom stereocenters. The molecule has 4 rings (SSSR count). The fourth-order valence-electron chi connectivity index (χ4n) is 2.98. The first-order valence-corrected chi connectivity index (χ1v) is 9.74. The highest BCUT2D eigenvalue weighted by Crippen LogP contribution is 2.35. The average Bonchev–Trinajstić information content (AvgIpc) is 3.23. The van der Waals surface area contributed by atoms with Crippen LogP contribution in [-0.2, 0) is 0 Å². The first kappa shape index (κ1) is 20.2. The van der Waals surface area contributed by atoms with Crippen molar-refractivity contribution in [1.82, 2.24) is 10.2 Å². The molecule has 0 fully saturated rings. The molecule has 0 aliphatic heterocycles. The van der Waals surface area contributed by atoms with E-state index in [1.54, 1.807) is 31.4 Å². The lowest BCUT2D eigenvalue weighted by Crippen LogP contribution is -2.13. The number of ether oxygens (including phenoxy) is 1. The van der Waals surface area contributed by atoms with E-state index in [0.717, 1.165) is 5.56 Å². The summed E-state index contributed by atoms with van der Waals surface area (Å²) in [5, 5.41) is 12.3. The summed E-state index contributed by atoms with van der Waals surface area (Å²) in [7, 11) is 1.54. The maximum atomic E-state index is 13.6. The first-order chi connectivity index (χ1) is 14.5. The van der Waals surface area contributed by atoms with Gasteiger partial charge >= 0.3 is 0 Å². The number of methoxy groups -OCH3 is 1. The quantitative estimate of drug-likeness (QED) is 0.373. The molecule has 0 saturated heterocycles. The van der Waals surface area contributed by atoms with E-state index in [1.807, 2.05) is 30.3 Å². The molecule has 1 heterocycles. The summed E-state index contributed by atoms with van der Waals surface area (Å²) in [4.78, 5) is 0. The smallest absolute Gasteiger partial charge is 0.247 e. The van der Waals surface area contributed by atoms with E-state index >= 15 is 0 Å². The second kappa shape index (κ2) is 8.73. The molecule has 0 unspecified atom stereocenters. The number of aromatic nitrogens is 2. The number of hydrogen-bond acceptors (Lipinski definition) is 5. The number of nitrogens with one attached hydrogen (secondary N) is 1. The number of anilines is 1. The van der Waals surface area contributed by atoms with Crippen molar-refractivity contribution in [2.24, 2.45) is 0 Å². The van der Waals surface area contributed by atoms with Gasteiger partial charge in [0, 0.05) is 21.8 Å². The van der Waals surface area contributed by atoms with Gasteiger partial charge in [-0.3, -0.25) is 0 Å². The third-order valence-corrected chi connectivity index (χ3v) is 5.07. The Balaban J connectivity index is 1.74. The largest absolute Gasteiger partial charge is 0.495 e. The third-order valence-electron chi connectivity index (χ3n) is 4.44. The van der Waals surface area contributed by atoms with Gasteiger partial charge in [0.15, 0.2) is 0 Å². The van der Waals surface area contributed by atoms with E-state index in [2.05, 4.69) is 15.5 Å². The molecule has 0 amide bonds. The van der Waals surface area contributed by atoms with Crippen molar-refractivity contribution in [1.29, 1.82) is 0 Å². The molecule has 1 N–H and O–H groups in total. The van der Waals surface area contributed by atoms with E-state index in [1.165, 1.54) is 12.1 Å². The lowest BCUT2D eigenvalue weighted by Gasteiger charge is -2.19. The number of rotatable bonds is 6. The highest BCUT2D eigenvalue weighted by molar-refractivity contribution is 6.32. The van der Waals surface area contributed by atoms with Crippen molar-refractivity contribution in [2.75, 3.05) is 12.4 Å². The van der Waals surface area contributed by atoms with Crippen molar-refractivity contribution in [3.63, 3.8) is 0 Å². The van der Waals surface area contributed by atoms with Crippen LogP contribution in [0.5, 0.6) is 5.75 Å². The summed E-state index contributed by atoms with van der Waals surface area (Å²) in [6, 6.07) is 18.1. The summed E-state index contributed by atoms with van der Waals surface area (Å²) in [6.07, 6.45) is 0. The van der Waals surface area contributed by atoms with E-state index in [9.17, 15) is 4.39 Å². The van der Waals surface area contributed by atoms with Crippen LogP contribution in [-0.4, -0.2) is 17.3 Å². The molecule has 0 bridgehead atoms. The Morgan fingerprint density at radius 2 is 1.77 bits per heavy atom. The summed E-state index contributed by atoms with van der Waals surface area (Å²) in [5.41, 5.74) is 2.03. The molecule has 30 heavy (non-hydrogen) atoms. The summed E-state index contributed by atoms with van der Waals surface area (Å²) in [5.74, 6) is 0.742. The van der Waals surface area contributed by atoms with E-state index in [-0.39, 0.29) is 10.9 Å². The fraction of sp³-hybridized carbons (Fsp3) is 0.0909. The predicted molar refractivity (Wildman–Crippen MR) is 115 cm³/mol. The molecular weight excluding hydrogens is 428 g/mol. The highest BCUT2D eigenvalue weighted by atomic mass is 35.5. The van der Waals surface area contributed by atoms with Crippen molar-refractivity contribution in [2.45, 2.75) is 6.04 Å². The van der Waals surface area contributed by atoms with E-state index < -0.39 is 11.9 Å².